The van der Waals surface area contributed by atoms with Crippen LogP contribution >= 0.6 is 0 Å². The lowest BCUT2D eigenvalue weighted by atomic mass is 10.1. The second-order valence-electron chi connectivity index (χ2n) is 4.96. The number of benzene rings is 2. The highest BCUT2D eigenvalue weighted by atomic mass is 19.1. The molecule has 114 valence electrons. The van der Waals surface area contributed by atoms with Crippen molar-refractivity contribution in [3.63, 3.8) is 0 Å². The van der Waals surface area contributed by atoms with Crippen LogP contribution in [0.1, 0.15) is 15.9 Å². The monoisotopic (exact) mass is 307 g/mol. The fourth-order valence-corrected chi connectivity index (χ4v) is 2.39. The molecule has 0 aliphatic heterocycles. The molecular formula is C19H14FNO2. The molecule has 0 spiro atoms. The van der Waals surface area contributed by atoms with Gasteiger partial charge in [-0.2, -0.15) is 0 Å². The fraction of sp³-hybridized carbons (Fsp3) is 0.0526. The van der Waals surface area contributed by atoms with Crippen LogP contribution in [-0.4, -0.2) is 17.9 Å². The minimum atomic E-state index is -0.442. The lowest BCUT2D eigenvalue weighted by Crippen LogP contribution is -1.99. The number of methoxy groups -OCH3 is 1. The van der Waals surface area contributed by atoms with Crippen LogP contribution in [0.3, 0.4) is 0 Å². The van der Waals surface area contributed by atoms with Crippen LogP contribution in [0.2, 0.25) is 0 Å². The molecule has 23 heavy (non-hydrogen) atoms. The molecule has 0 radical (unpaired) electrons. The maximum atomic E-state index is 13.2. The van der Waals surface area contributed by atoms with E-state index in [0.717, 1.165) is 16.5 Å². The molecule has 1 aromatic heterocycles. The van der Waals surface area contributed by atoms with Gasteiger partial charge in [0, 0.05) is 17.6 Å². The number of carbonyl (C=O) groups excluding carboxylic acids is 1. The van der Waals surface area contributed by atoms with E-state index in [0.29, 0.717) is 5.56 Å². The van der Waals surface area contributed by atoms with E-state index in [9.17, 15) is 9.18 Å². The van der Waals surface area contributed by atoms with Crippen LogP contribution in [0.25, 0.3) is 17.0 Å². The molecule has 0 N–H and O–H groups in total. The van der Waals surface area contributed by atoms with E-state index in [2.05, 4.69) is 4.98 Å². The Labute approximate surface area is 133 Å². The molecule has 0 aliphatic rings. The van der Waals surface area contributed by atoms with Gasteiger partial charge in [-0.25, -0.2) is 4.39 Å². The van der Waals surface area contributed by atoms with Crippen molar-refractivity contribution >= 4 is 22.8 Å². The largest absolute Gasteiger partial charge is 0.496 e. The van der Waals surface area contributed by atoms with Crippen molar-refractivity contribution in [1.29, 1.82) is 0 Å². The van der Waals surface area contributed by atoms with Crippen molar-refractivity contribution in [2.75, 3.05) is 7.11 Å². The predicted molar refractivity (Wildman–Crippen MR) is 88.1 cm³/mol. The van der Waals surface area contributed by atoms with Gasteiger partial charge < -0.3 is 4.74 Å². The molecule has 3 aromatic rings. The van der Waals surface area contributed by atoms with E-state index >= 15 is 0 Å². The highest BCUT2D eigenvalue weighted by Gasteiger charge is 2.10. The van der Waals surface area contributed by atoms with Crippen molar-refractivity contribution < 1.29 is 13.9 Å². The van der Waals surface area contributed by atoms with Crippen molar-refractivity contribution in [2.45, 2.75) is 0 Å². The minimum absolute atomic E-state index is 0.222. The van der Waals surface area contributed by atoms with Gasteiger partial charge in [0.2, 0.25) is 0 Å². The van der Waals surface area contributed by atoms with E-state index in [1.807, 2.05) is 30.3 Å². The van der Waals surface area contributed by atoms with E-state index in [-0.39, 0.29) is 11.5 Å². The summed E-state index contributed by atoms with van der Waals surface area (Å²) in [5.74, 6) is -0.468. The Bertz CT molecular complexity index is 898. The summed E-state index contributed by atoms with van der Waals surface area (Å²) in [6, 6.07) is 13.4. The maximum absolute atomic E-state index is 13.2. The zero-order chi connectivity index (χ0) is 16.2. The molecule has 0 atom stereocenters. The van der Waals surface area contributed by atoms with Gasteiger partial charge in [-0.1, -0.05) is 24.3 Å². The first kappa shape index (κ1) is 14.9. The number of allylic oxidation sites excluding steroid dienone is 1. The smallest absolute Gasteiger partial charge is 0.189 e. The lowest BCUT2D eigenvalue weighted by Gasteiger charge is -2.05. The molecule has 0 amide bonds. The second kappa shape index (κ2) is 6.40. The van der Waals surface area contributed by atoms with Gasteiger partial charge in [-0.05, 0) is 35.9 Å². The van der Waals surface area contributed by atoms with Gasteiger partial charge >= 0.3 is 0 Å². The van der Waals surface area contributed by atoms with Gasteiger partial charge in [0.15, 0.2) is 5.78 Å². The van der Waals surface area contributed by atoms with Crippen molar-refractivity contribution in [3.8, 4) is 5.75 Å². The lowest BCUT2D eigenvalue weighted by molar-refractivity contribution is 0.104. The number of para-hydroxylation sites is 1. The molecular weight excluding hydrogens is 293 g/mol. The molecule has 0 fully saturated rings. The molecule has 0 unspecified atom stereocenters. The number of halogens is 1. The first-order valence-electron chi connectivity index (χ1n) is 7.09. The number of aromatic nitrogens is 1. The van der Waals surface area contributed by atoms with E-state index < -0.39 is 5.82 Å². The van der Waals surface area contributed by atoms with Crippen LogP contribution in [0.15, 0.2) is 60.8 Å². The Kier molecular flexibility index (Phi) is 4.15. The van der Waals surface area contributed by atoms with Gasteiger partial charge in [0.25, 0.3) is 0 Å². The zero-order valence-corrected chi connectivity index (χ0v) is 12.5. The molecule has 2 aromatic carbocycles. The van der Waals surface area contributed by atoms with Crippen LogP contribution in [-0.2, 0) is 0 Å². The summed E-state index contributed by atoms with van der Waals surface area (Å²) < 4.78 is 18.3. The summed E-state index contributed by atoms with van der Waals surface area (Å²) in [5, 5.41) is 0.963. The van der Waals surface area contributed by atoms with Crippen molar-refractivity contribution in [3.05, 3.63) is 77.7 Å². The third-order valence-corrected chi connectivity index (χ3v) is 3.53. The highest BCUT2D eigenvalue weighted by Crippen LogP contribution is 2.22. The third-order valence-electron chi connectivity index (χ3n) is 3.53. The predicted octanol–water partition coefficient (Wildman–Crippen LogP) is 4.28. The van der Waals surface area contributed by atoms with E-state index in [1.165, 1.54) is 31.4 Å². The topological polar surface area (TPSA) is 39.2 Å². The third kappa shape index (κ3) is 3.11. The standard InChI is InChI=1S/C19H14FNO2/c1-23-19-12-14(20)7-8-16(19)18(22)9-6-13-10-11-21-17-5-3-2-4-15(13)17/h2-12H,1H3/b9-6+. The number of hydrogen-bond acceptors (Lipinski definition) is 3. The summed E-state index contributed by atoms with van der Waals surface area (Å²) in [4.78, 5) is 16.6. The quantitative estimate of drug-likeness (QED) is 0.533. The summed E-state index contributed by atoms with van der Waals surface area (Å²) in [7, 11) is 1.41. The van der Waals surface area contributed by atoms with Gasteiger partial charge in [0.05, 0.1) is 18.2 Å². The molecule has 1 heterocycles. The number of nitrogens with zero attached hydrogens (tertiary/aromatic N) is 1. The Hall–Kier alpha value is -3.01. The summed E-state index contributed by atoms with van der Waals surface area (Å²) in [6.07, 6.45) is 4.89. The summed E-state index contributed by atoms with van der Waals surface area (Å²) >= 11 is 0. The number of ketones is 1. The molecule has 3 rings (SSSR count). The van der Waals surface area contributed by atoms with Crippen molar-refractivity contribution in [1.82, 2.24) is 4.98 Å². The molecule has 0 bridgehead atoms. The molecule has 0 aliphatic carbocycles. The molecule has 4 heteroatoms. The average molecular weight is 307 g/mol. The Morgan fingerprint density at radius 3 is 2.83 bits per heavy atom. The Morgan fingerprint density at radius 2 is 2.00 bits per heavy atom. The number of ether oxygens (including phenoxy) is 1. The molecule has 3 nitrogen and oxygen atoms in total. The Morgan fingerprint density at radius 1 is 1.17 bits per heavy atom. The van der Waals surface area contributed by atoms with Crippen LogP contribution in [0.4, 0.5) is 4.39 Å². The summed E-state index contributed by atoms with van der Waals surface area (Å²) in [6.45, 7) is 0. The maximum Gasteiger partial charge on any atom is 0.189 e. The SMILES string of the molecule is COc1cc(F)ccc1C(=O)/C=C/c1ccnc2ccccc12. The van der Waals surface area contributed by atoms with Gasteiger partial charge in [-0.3, -0.25) is 9.78 Å². The van der Waals surface area contributed by atoms with E-state index in [4.69, 9.17) is 4.74 Å². The number of fused-ring (bicyclic) bond motifs is 1. The zero-order valence-electron chi connectivity index (χ0n) is 12.5. The first-order valence-corrected chi connectivity index (χ1v) is 7.09. The summed E-state index contributed by atoms with van der Waals surface area (Å²) in [5.41, 5.74) is 2.08. The minimum Gasteiger partial charge on any atom is -0.496 e. The normalized spacial score (nSPS) is 11.0. The highest BCUT2D eigenvalue weighted by molar-refractivity contribution is 6.09. The van der Waals surface area contributed by atoms with Crippen molar-refractivity contribution in [2.24, 2.45) is 0 Å². The molecule has 0 saturated carbocycles. The number of carbonyl (C=O) groups is 1. The molecule has 0 saturated heterocycles. The second-order valence-corrected chi connectivity index (χ2v) is 4.96. The fourth-order valence-electron chi connectivity index (χ4n) is 2.39. The van der Waals surface area contributed by atoms with Crippen LogP contribution < -0.4 is 4.74 Å². The number of hydrogen-bond donors (Lipinski definition) is 0. The van der Waals surface area contributed by atoms with E-state index in [1.54, 1.807) is 12.3 Å². The van der Waals surface area contributed by atoms with Crippen LogP contribution in [0.5, 0.6) is 5.75 Å². The van der Waals surface area contributed by atoms with Gasteiger partial charge in [-0.15, -0.1) is 0 Å². The average Bonchev–Trinajstić information content (AvgIpc) is 2.59. The number of pyridine rings is 1. The first-order chi connectivity index (χ1) is 11.2. The Balaban J connectivity index is 1.94. The number of rotatable bonds is 4. The van der Waals surface area contributed by atoms with Crippen LogP contribution in [0, 0.1) is 5.82 Å². The van der Waals surface area contributed by atoms with Gasteiger partial charge in [0.1, 0.15) is 11.6 Å².